The maximum atomic E-state index is 11.2. The fourth-order valence-electron chi connectivity index (χ4n) is 2.39. The van der Waals surface area contributed by atoms with Gasteiger partial charge in [-0.3, -0.25) is 10.0 Å². The molecule has 7 nitrogen and oxygen atoms in total. The Morgan fingerprint density at radius 3 is 2.65 bits per heavy atom. The second kappa shape index (κ2) is 5.69. The lowest BCUT2D eigenvalue weighted by molar-refractivity contribution is -0.140. The number of nitrogens with zero attached hydrogens (tertiary/aromatic N) is 1. The summed E-state index contributed by atoms with van der Waals surface area (Å²) in [5.41, 5.74) is 1.18. The van der Waals surface area contributed by atoms with Gasteiger partial charge in [-0.25, -0.2) is 5.06 Å². The van der Waals surface area contributed by atoms with Crippen molar-refractivity contribution in [2.45, 2.75) is 12.8 Å². The molecule has 3 N–H and O–H groups in total. The number of esters is 1. The molecule has 1 heterocycles. The molecule has 0 aliphatic carbocycles. The molecule has 0 unspecified atom stereocenters. The molecule has 0 aromatic heterocycles. The van der Waals surface area contributed by atoms with E-state index in [1.165, 1.54) is 31.4 Å². The number of anilines is 2. The molecule has 1 aliphatic heterocycles. The summed E-state index contributed by atoms with van der Waals surface area (Å²) in [5, 5.41) is 30.8. The van der Waals surface area contributed by atoms with Gasteiger partial charge in [0.05, 0.1) is 7.11 Å². The van der Waals surface area contributed by atoms with Crippen LogP contribution in [0.2, 0.25) is 0 Å². The van der Waals surface area contributed by atoms with E-state index in [4.69, 9.17) is 4.74 Å². The third-order valence-corrected chi connectivity index (χ3v) is 3.61. The second-order valence-electron chi connectivity index (χ2n) is 5.09. The van der Waals surface area contributed by atoms with Gasteiger partial charge in [0.2, 0.25) is 0 Å². The molecule has 0 amide bonds. The first-order valence-corrected chi connectivity index (χ1v) is 6.92. The SMILES string of the molecule is COC(=O)CCc1cc2c(cc1O)Oc1cc(O)ccc1N2O. The Balaban J connectivity index is 1.95. The van der Waals surface area contributed by atoms with Gasteiger partial charge in [-0.1, -0.05) is 0 Å². The molecule has 23 heavy (non-hydrogen) atoms. The van der Waals surface area contributed by atoms with Crippen molar-refractivity contribution in [3.05, 3.63) is 35.9 Å². The fourth-order valence-corrected chi connectivity index (χ4v) is 2.39. The Morgan fingerprint density at radius 2 is 1.91 bits per heavy atom. The lowest BCUT2D eigenvalue weighted by Gasteiger charge is -2.28. The minimum absolute atomic E-state index is 0.000444. The first kappa shape index (κ1) is 15.0. The first-order valence-electron chi connectivity index (χ1n) is 6.92. The van der Waals surface area contributed by atoms with Crippen molar-refractivity contribution < 1.29 is 29.7 Å². The molecule has 0 bridgehead atoms. The van der Waals surface area contributed by atoms with E-state index in [1.54, 1.807) is 6.07 Å². The quantitative estimate of drug-likeness (QED) is 0.748. The second-order valence-corrected chi connectivity index (χ2v) is 5.09. The van der Waals surface area contributed by atoms with E-state index in [1.807, 2.05) is 0 Å². The van der Waals surface area contributed by atoms with E-state index in [9.17, 15) is 20.2 Å². The van der Waals surface area contributed by atoms with Gasteiger partial charge in [-0.05, 0) is 30.2 Å². The molecule has 1 aliphatic rings. The zero-order chi connectivity index (χ0) is 16.6. The predicted molar refractivity (Wildman–Crippen MR) is 80.6 cm³/mol. The number of rotatable bonds is 3. The summed E-state index contributed by atoms with van der Waals surface area (Å²) in [6.45, 7) is 0. The van der Waals surface area contributed by atoms with E-state index in [-0.39, 0.29) is 41.8 Å². The normalized spacial score (nSPS) is 12.2. The molecule has 0 saturated carbocycles. The van der Waals surface area contributed by atoms with Crippen LogP contribution in [0.1, 0.15) is 12.0 Å². The van der Waals surface area contributed by atoms with Crippen LogP contribution in [-0.2, 0) is 16.0 Å². The number of aromatic hydroxyl groups is 2. The van der Waals surface area contributed by atoms with Crippen molar-refractivity contribution in [3.63, 3.8) is 0 Å². The highest BCUT2D eigenvalue weighted by Gasteiger charge is 2.25. The van der Waals surface area contributed by atoms with E-state index >= 15 is 0 Å². The number of ether oxygens (including phenoxy) is 2. The van der Waals surface area contributed by atoms with Crippen LogP contribution in [0.3, 0.4) is 0 Å². The van der Waals surface area contributed by atoms with Gasteiger partial charge >= 0.3 is 5.97 Å². The van der Waals surface area contributed by atoms with E-state index in [0.717, 1.165) is 5.06 Å². The van der Waals surface area contributed by atoms with Crippen LogP contribution in [-0.4, -0.2) is 28.5 Å². The third kappa shape index (κ3) is 2.74. The van der Waals surface area contributed by atoms with Crippen LogP contribution in [0.4, 0.5) is 11.4 Å². The molecular formula is C16H15NO6. The number of phenols is 2. The summed E-state index contributed by atoms with van der Waals surface area (Å²) in [6, 6.07) is 7.20. The predicted octanol–water partition coefficient (Wildman–Crippen LogP) is 2.84. The van der Waals surface area contributed by atoms with Gasteiger partial charge in [0.25, 0.3) is 0 Å². The summed E-state index contributed by atoms with van der Waals surface area (Å²) in [5.74, 6) is 0.0656. The fraction of sp³-hybridized carbons (Fsp3) is 0.188. The number of hydrogen-bond donors (Lipinski definition) is 3. The molecule has 120 valence electrons. The van der Waals surface area contributed by atoms with Crippen molar-refractivity contribution in [1.82, 2.24) is 0 Å². The van der Waals surface area contributed by atoms with Gasteiger partial charge in [-0.2, -0.15) is 0 Å². The number of carbonyl (C=O) groups is 1. The number of benzene rings is 2. The molecule has 2 aromatic carbocycles. The van der Waals surface area contributed by atoms with Crippen molar-refractivity contribution >= 4 is 17.3 Å². The van der Waals surface area contributed by atoms with Gasteiger partial charge in [0, 0.05) is 18.6 Å². The van der Waals surface area contributed by atoms with Gasteiger partial charge in [0.1, 0.15) is 22.9 Å². The smallest absolute Gasteiger partial charge is 0.305 e. The number of phenolic OH excluding ortho intramolecular Hbond substituents is 2. The minimum atomic E-state index is -0.389. The molecule has 0 saturated heterocycles. The van der Waals surface area contributed by atoms with Gasteiger partial charge in [0.15, 0.2) is 11.5 Å². The van der Waals surface area contributed by atoms with Crippen molar-refractivity contribution in [3.8, 4) is 23.0 Å². The van der Waals surface area contributed by atoms with Crippen LogP contribution in [0, 0.1) is 0 Å². The average molecular weight is 317 g/mol. The number of hydrogen-bond acceptors (Lipinski definition) is 7. The number of carbonyl (C=O) groups excluding carboxylic acids is 1. The van der Waals surface area contributed by atoms with E-state index in [0.29, 0.717) is 16.9 Å². The maximum absolute atomic E-state index is 11.2. The average Bonchev–Trinajstić information content (AvgIpc) is 2.52. The number of fused-ring (bicyclic) bond motifs is 2. The van der Waals surface area contributed by atoms with Crippen molar-refractivity contribution in [1.29, 1.82) is 0 Å². The summed E-state index contributed by atoms with van der Waals surface area (Å²) in [6.07, 6.45) is 0.377. The third-order valence-electron chi connectivity index (χ3n) is 3.61. The molecule has 3 rings (SSSR count). The summed E-state index contributed by atoms with van der Waals surface area (Å²) >= 11 is 0. The van der Waals surface area contributed by atoms with Crippen molar-refractivity contribution in [2.24, 2.45) is 0 Å². The summed E-state index contributed by atoms with van der Waals surface area (Å²) in [4.78, 5) is 11.2. The summed E-state index contributed by atoms with van der Waals surface area (Å²) < 4.78 is 10.2. The Labute approximate surface area is 131 Å². The minimum Gasteiger partial charge on any atom is -0.508 e. The van der Waals surface area contributed by atoms with Crippen LogP contribution in [0.5, 0.6) is 23.0 Å². The Bertz CT molecular complexity index is 773. The zero-order valence-corrected chi connectivity index (χ0v) is 12.3. The van der Waals surface area contributed by atoms with Crippen LogP contribution in [0.25, 0.3) is 0 Å². The molecular weight excluding hydrogens is 302 g/mol. The lowest BCUT2D eigenvalue weighted by atomic mass is 10.1. The number of methoxy groups -OCH3 is 1. The molecule has 0 spiro atoms. The highest BCUT2D eigenvalue weighted by atomic mass is 16.5. The molecule has 0 radical (unpaired) electrons. The standard InChI is InChI=1S/C16H15NO6/c1-22-16(20)5-2-9-6-12-15(8-13(9)19)23-14-7-10(18)3-4-11(14)17(12)21/h3-4,6-8,18-19,21H,2,5H2,1H3. The Hall–Kier alpha value is -2.93. The van der Waals surface area contributed by atoms with E-state index in [2.05, 4.69) is 4.74 Å². The monoisotopic (exact) mass is 317 g/mol. The van der Waals surface area contributed by atoms with Crippen LogP contribution < -0.4 is 9.80 Å². The number of aryl methyl sites for hydroxylation is 1. The lowest BCUT2D eigenvalue weighted by Crippen LogP contribution is -2.16. The molecule has 0 fully saturated rings. The molecule has 0 atom stereocenters. The zero-order valence-electron chi connectivity index (χ0n) is 12.3. The highest BCUT2D eigenvalue weighted by Crippen LogP contribution is 2.48. The Kier molecular flexibility index (Phi) is 3.71. The first-order chi connectivity index (χ1) is 11.0. The maximum Gasteiger partial charge on any atom is 0.305 e. The van der Waals surface area contributed by atoms with Crippen LogP contribution in [0.15, 0.2) is 30.3 Å². The summed E-state index contributed by atoms with van der Waals surface area (Å²) in [7, 11) is 1.30. The Morgan fingerprint density at radius 1 is 1.17 bits per heavy atom. The van der Waals surface area contributed by atoms with Gasteiger partial charge < -0.3 is 19.7 Å². The largest absolute Gasteiger partial charge is 0.508 e. The van der Waals surface area contributed by atoms with Crippen molar-refractivity contribution in [2.75, 3.05) is 12.2 Å². The van der Waals surface area contributed by atoms with Gasteiger partial charge in [-0.15, -0.1) is 0 Å². The topological polar surface area (TPSA) is 99.5 Å². The highest BCUT2D eigenvalue weighted by molar-refractivity contribution is 5.78. The van der Waals surface area contributed by atoms with Crippen LogP contribution >= 0.6 is 0 Å². The van der Waals surface area contributed by atoms with E-state index < -0.39 is 0 Å². The molecule has 2 aromatic rings. The molecule has 7 heteroatoms.